The topological polar surface area (TPSA) is 78.8 Å². The van der Waals surface area contributed by atoms with Crippen molar-refractivity contribution in [2.45, 2.75) is 20.4 Å². The van der Waals surface area contributed by atoms with Crippen LogP contribution in [-0.2, 0) is 16.0 Å². The van der Waals surface area contributed by atoms with Gasteiger partial charge in [0.25, 0.3) is 0 Å². The molecular formula is C22H24N2O5. The monoisotopic (exact) mass is 396 g/mol. The maximum Gasteiger partial charge on any atom is 0.419 e. The molecule has 29 heavy (non-hydrogen) atoms. The molecule has 2 aromatic carbocycles. The molecule has 3 aromatic rings. The molecule has 7 nitrogen and oxygen atoms in total. The van der Waals surface area contributed by atoms with Crippen LogP contribution in [0.4, 0.5) is 10.5 Å². The van der Waals surface area contributed by atoms with Gasteiger partial charge in [-0.1, -0.05) is 30.3 Å². The number of para-hydroxylation sites is 1. The third-order valence-electron chi connectivity index (χ3n) is 4.42. The molecule has 1 heterocycles. The van der Waals surface area contributed by atoms with Crippen LogP contribution in [0, 0.1) is 0 Å². The lowest BCUT2D eigenvalue weighted by molar-refractivity contribution is 0.0513. The van der Waals surface area contributed by atoms with E-state index in [-0.39, 0.29) is 18.9 Å². The van der Waals surface area contributed by atoms with E-state index in [0.29, 0.717) is 17.7 Å². The first kappa shape index (κ1) is 20.3. The summed E-state index contributed by atoms with van der Waals surface area (Å²) < 4.78 is 16.9. The van der Waals surface area contributed by atoms with E-state index in [0.717, 1.165) is 16.7 Å². The Labute approximate surface area is 169 Å². The minimum Gasteiger partial charge on any atom is -0.497 e. The fourth-order valence-electron chi connectivity index (χ4n) is 3.12. The minimum atomic E-state index is -0.621. The highest BCUT2D eigenvalue weighted by Crippen LogP contribution is 2.32. The maximum absolute atomic E-state index is 12.8. The number of rotatable bonds is 7. The number of carbonyl (C=O) groups excluding carboxylic acids is 2. The standard InChI is InChI=1S/C22H24N2O5/c1-4-28-21(25)20-19(23-14-15-10-12-16(27-3)13-11-15)17-8-6-7-9-18(17)24(20)22(26)29-5-2/h6-13,23H,4-5,14H2,1-3H3. The van der Waals surface area contributed by atoms with Crippen molar-refractivity contribution in [3.8, 4) is 5.75 Å². The van der Waals surface area contributed by atoms with Crippen molar-refractivity contribution in [2.24, 2.45) is 0 Å². The Hall–Kier alpha value is -3.48. The number of nitrogens with one attached hydrogen (secondary N) is 1. The van der Waals surface area contributed by atoms with Crippen molar-refractivity contribution in [3.63, 3.8) is 0 Å². The zero-order chi connectivity index (χ0) is 20.8. The fraction of sp³-hybridized carbons (Fsp3) is 0.273. The highest BCUT2D eigenvalue weighted by Gasteiger charge is 2.28. The van der Waals surface area contributed by atoms with Crippen LogP contribution in [0.3, 0.4) is 0 Å². The molecule has 0 atom stereocenters. The second-order valence-corrected chi connectivity index (χ2v) is 6.20. The van der Waals surface area contributed by atoms with Crippen LogP contribution in [0.15, 0.2) is 48.5 Å². The summed E-state index contributed by atoms with van der Waals surface area (Å²) in [4.78, 5) is 25.4. The number of hydrogen-bond donors (Lipinski definition) is 1. The van der Waals surface area contributed by atoms with Gasteiger partial charge in [0.2, 0.25) is 0 Å². The fourth-order valence-corrected chi connectivity index (χ4v) is 3.12. The molecule has 0 fully saturated rings. The van der Waals surface area contributed by atoms with E-state index < -0.39 is 12.1 Å². The molecular weight excluding hydrogens is 372 g/mol. The molecule has 0 aliphatic rings. The molecule has 0 bridgehead atoms. The Morgan fingerprint density at radius 2 is 1.66 bits per heavy atom. The Kier molecular flexibility index (Phi) is 6.39. The number of methoxy groups -OCH3 is 1. The number of aromatic nitrogens is 1. The number of nitrogens with zero attached hydrogens (tertiary/aromatic N) is 1. The third-order valence-corrected chi connectivity index (χ3v) is 4.42. The number of carbonyl (C=O) groups is 2. The van der Waals surface area contributed by atoms with Gasteiger partial charge in [-0.25, -0.2) is 14.2 Å². The van der Waals surface area contributed by atoms with Crippen LogP contribution >= 0.6 is 0 Å². The molecule has 1 N–H and O–H groups in total. The zero-order valence-electron chi connectivity index (χ0n) is 16.7. The molecule has 1 aromatic heterocycles. The Balaban J connectivity index is 2.06. The zero-order valence-corrected chi connectivity index (χ0v) is 16.7. The van der Waals surface area contributed by atoms with Gasteiger partial charge >= 0.3 is 12.1 Å². The average molecular weight is 396 g/mol. The molecule has 3 rings (SSSR count). The van der Waals surface area contributed by atoms with Crippen molar-refractivity contribution in [2.75, 3.05) is 25.6 Å². The summed E-state index contributed by atoms with van der Waals surface area (Å²) in [6.45, 7) is 4.28. The van der Waals surface area contributed by atoms with E-state index >= 15 is 0 Å². The molecule has 0 amide bonds. The smallest absolute Gasteiger partial charge is 0.419 e. The molecule has 0 saturated carbocycles. The summed E-state index contributed by atoms with van der Waals surface area (Å²) in [6.07, 6.45) is -0.621. The summed E-state index contributed by atoms with van der Waals surface area (Å²) >= 11 is 0. The predicted octanol–water partition coefficient (Wildman–Crippen LogP) is 4.44. The number of ether oxygens (including phenoxy) is 3. The van der Waals surface area contributed by atoms with Crippen molar-refractivity contribution < 1.29 is 23.8 Å². The maximum atomic E-state index is 12.8. The van der Waals surface area contributed by atoms with Crippen molar-refractivity contribution >= 4 is 28.7 Å². The van der Waals surface area contributed by atoms with E-state index in [4.69, 9.17) is 14.2 Å². The van der Waals surface area contributed by atoms with Gasteiger partial charge in [0.1, 0.15) is 5.75 Å². The lowest BCUT2D eigenvalue weighted by Crippen LogP contribution is -2.21. The lowest BCUT2D eigenvalue weighted by atomic mass is 10.2. The highest BCUT2D eigenvalue weighted by atomic mass is 16.6. The summed E-state index contributed by atoms with van der Waals surface area (Å²) in [5.74, 6) is 0.175. The van der Waals surface area contributed by atoms with Crippen LogP contribution < -0.4 is 10.1 Å². The normalized spacial score (nSPS) is 10.6. The molecule has 0 unspecified atom stereocenters. The predicted molar refractivity (Wildman–Crippen MR) is 111 cm³/mol. The minimum absolute atomic E-state index is 0.125. The summed E-state index contributed by atoms with van der Waals surface area (Å²) in [6, 6.07) is 14.9. The van der Waals surface area contributed by atoms with Gasteiger partial charge in [-0.05, 0) is 37.6 Å². The van der Waals surface area contributed by atoms with Crippen molar-refractivity contribution in [1.29, 1.82) is 0 Å². The van der Waals surface area contributed by atoms with Crippen LogP contribution in [0.2, 0.25) is 0 Å². The number of esters is 1. The quantitative estimate of drug-likeness (QED) is 0.595. The van der Waals surface area contributed by atoms with Gasteiger partial charge in [-0.3, -0.25) is 0 Å². The van der Waals surface area contributed by atoms with Gasteiger partial charge in [-0.15, -0.1) is 0 Å². The first-order chi connectivity index (χ1) is 14.1. The molecule has 0 spiro atoms. The SMILES string of the molecule is CCOC(=O)c1c(NCc2ccc(OC)cc2)c2ccccc2n1C(=O)OCC. The largest absolute Gasteiger partial charge is 0.497 e. The van der Waals surface area contributed by atoms with Gasteiger partial charge in [0, 0.05) is 11.9 Å². The van der Waals surface area contributed by atoms with E-state index in [9.17, 15) is 9.59 Å². The lowest BCUT2D eigenvalue weighted by Gasteiger charge is -2.11. The number of anilines is 1. The summed E-state index contributed by atoms with van der Waals surface area (Å²) in [5, 5.41) is 4.03. The highest BCUT2D eigenvalue weighted by molar-refractivity contribution is 6.10. The Morgan fingerprint density at radius 3 is 2.31 bits per heavy atom. The van der Waals surface area contributed by atoms with Gasteiger partial charge < -0.3 is 19.5 Å². The Bertz CT molecular complexity index is 1010. The molecule has 0 aliphatic heterocycles. The second kappa shape index (κ2) is 9.14. The number of hydrogen-bond acceptors (Lipinski definition) is 6. The molecule has 7 heteroatoms. The van der Waals surface area contributed by atoms with Crippen molar-refractivity contribution in [3.05, 3.63) is 59.8 Å². The van der Waals surface area contributed by atoms with Crippen LogP contribution in [0.25, 0.3) is 10.9 Å². The van der Waals surface area contributed by atoms with E-state index in [1.54, 1.807) is 33.1 Å². The average Bonchev–Trinajstić information content (AvgIpc) is 3.07. The molecule has 0 radical (unpaired) electrons. The Morgan fingerprint density at radius 1 is 0.966 bits per heavy atom. The van der Waals surface area contributed by atoms with Gasteiger partial charge in [0.05, 0.1) is 31.5 Å². The van der Waals surface area contributed by atoms with Gasteiger partial charge in [0.15, 0.2) is 5.69 Å². The first-order valence-electron chi connectivity index (χ1n) is 9.45. The molecule has 0 saturated heterocycles. The second-order valence-electron chi connectivity index (χ2n) is 6.20. The molecule has 152 valence electrons. The summed E-state index contributed by atoms with van der Waals surface area (Å²) in [5.41, 5.74) is 2.22. The van der Waals surface area contributed by atoms with Crippen molar-refractivity contribution in [1.82, 2.24) is 4.57 Å². The molecule has 0 aliphatic carbocycles. The van der Waals surface area contributed by atoms with Gasteiger partial charge in [-0.2, -0.15) is 0 Å². The number of fused-ring (bicyclic) bond motifs is 1. The van der Waals surface area contributed by atoms with E-state index in [1.165, 1.54) is 4.57 Å². The summed E-state index contributed by atoms with van der Waals surface area (Å²) in [7, 11) is 1.61. The van der Waals surface area contributed by atoms with E-state index in [1.807, 2.05) is 36.4 Å². The number of benzene rings is 2. The van der Waals surface area contributed by atoms with Crippen LogP contribution in [-0.4, -0.2) is 37.0 Å². The van der Waals surface area contributed by atoms with E-state index in [2.05, 4.69) is 5.32 Å². The third kappa shape index (κ3) is 4.18. The van der Waals surface area contributed by atoms with Crippen LogP contribution in [0.5, 0.6) is 5.75 Å². The van der Waals surface area contributed by atoms with Crippen LogP contribution in [0.1, 0.15) is 29.9 Å². The first-order valence-corrected chi connectivity index (χ1v) is 9.45.